The zero-order valence-corrected chi connectivity index (χ0v) is 10.6. The molecule has 6 nitrogen and oxygen atoms in total. The predicted octanol–water partition coefficient (Wildman–Crippen LogP) is 0.857. The number of nitrogens with one attached hydrogen (secondary N) is 1. The maximum Gasteiger partial charge on any atom is 0.326 e. The summed E-state index contributed by atoms with van der Waals surface area (Å²) in [5.74, 6) is -3.16. The number of aliphatic carboxylic acids is 2. The summed E-state index contributed by atoms with van der Waals surface area (Å²) in [5.41, 5.74) is -0.156. The smallest absolute Gasteiger partial charge is 0.326 e. The van der Waals surface area contributed by atoms with Crippen molar-refractivity contribution in [2.24, 2.45) is 11.3 Å². The molecule has 0 spiro atoms. The number of amides is 1. The Kier molecular flexibility index (Phi) is 4.32. The summed E-state index contributed by atoms with van der Waals surface area (Å²) in [5, 5.41) is 19.8. The van der Waals surface area contributed by atoms with Gasteiger partial charge in [-0.2, -0.15) is 0 Å². The van der Waals surface area contributed by atoms with Gasteiger partial charge < -0.3 is 15.5 Å². The average molecular weight is 257 g/mol. The van der Waals surface area contributed by atoms with Gasteiger partial charge in [0, 0.05) is 5.92 Å². The van der Waals surface area contributed by atoms with Gasteiger partial charge in [0.2, 0.25) is 5.91 Å². The highest BCUT2D eigenvalue weighted by Crippen LogP contribution is 2.42. The molecule has 6 heteroatoms. The second-order valence-electron chi connectivity index (χ2n) is 5.43. The van der Waals surface area contributed by atoms with Crippen LogP contribution in [0.1, 0.15) is 39.5 Å². The van der Waals surface area contributed by atoms with Crippen molar-refractivity contribution >= 4 is 17.8 Å². The lowest BCUT2D eigenvalue weighted by Gasteiger charge is -2.27. The van der Waals surface area contributed by atoms with E-state index < -0.39 is 24.4 Å². The molecule has 0 saturated heterocycles. The van der Waals surface area contributed by atoms with Crippen LogP contribution in [0.25, 0.3) is 0 Å². The van der Waals surface area contributed by atoms with Crippen LogP contribution in [0.5, 0.6) is 0 Å². The Hall–Kier alpha value is -1.59. The quantitative estimate of drug-likeness (QED) is 0.677. The number of carbonyl (C=O) groups excluding carboxylic acids is 1. The minimum absolute atomic E-state index is 0.156. The standard InChI is InChI=1S/C12H19NO5/c1-12(2)5-3-4-7(12)10(16)13-8(11(17)18)6-9(14)15/h7-8H,3-6H2,1-2H3,(H,13,16)(H,14,15)(H,17,18)/t7?,8-/m1/s1. The molecule has 1 rings (SSSR count). The van der Waals surface area contributed by atoms with E-state index >= 15 is 0 Å². The van der Waals surface area contributed by atoms with Crippen LogP contribution in [0, 0.1) is 11.3 Å². The fraction of sp³-hybridized carbons (Fsp3) is 0.750. The van der Waals surface area contributed by atoms with Gasteiger partial charge >= 0.3 is 11.9 Å². The van der Waals surface area contributed by atoms with Crippen LogP contribution in [-0.4, -0.2) is 34.1 Å². The van der Waals surface area contributed by atoms with Crippen molar-refractivity contribution in [2.45, 2.75) is 45.6 Å². The number of carboxylic acid groups (broad SMARTS) is 2. The maximum absolute atomic E-state index is 12.0. The molecule has 3 N–H and O–H groups in total. The van der Waals surface area contributed by atoms with Crippen molar-refractivity contribution in [2.75, 3.05) is 0 Å². The molecule has 1 aliphatic carbocycles. The molecule has 18 heavy (non-hydrogen) atoms. The number of rotatable bonds is 5. The number of hydrogen-bond acceptors (Lipinski definition) is 3. The Balaban J connectivity index is 2.67. The number of hydrogen-bond donors (Lipinski definition) is 3. The molecular weight excluding hydrogens is 238 g/mol. The lowest BCUT2D eigenvalue weighted by atomic mass is 9.81. The van der Waals surface area contributed by atoms with Crippen molar-refractivity contribution < 1.29 is 24.6 Å². The molecule has 0 heterocycles. The molecule has 1 unspecified atom stereocenters. The predicted molar refractivity (Wildman–Crippen MR) is 62.9 cm³/mol. The fourth-order valence-corrected chi connectivity index (χ4v) is 2.46. The van der Waals surface area contributed by atoms with E-state index in [9.17, 15) is 14.4 Å². The first-order chi connectivity index (χ1) is 8.24. The van der Waals surface area contributed by atoms with Crippen LogP contribution in [0.3, 0.4) is 0 Å². The van der Waals surface area contributed by atoms with E-state index in [1.54, 1.807) is 0 Å². The third-order valence-electron chi connectivity index (χ3n) is 3.57. The molecule has 0 aliphatic heterocycles. The van der Waals surface area contributed by atoms with E-state index in [-0.39, 0.29) is 17.2 Å². The fourth-order valence-electron chi connectivity index (χ4n) is 2.46. The highest BCUT2D eigenvalue weighted by atomic mass is 16.4. The lowest BCUT2D eigenvalue weighted by molar-refractivity contribution is -0.148. The van der Waals surface area contributed by atoms with Gasteiger partial charge in [-0.15, -0.1) is 0 Å². The first-order valence-corrected chi connectivity index (χ1v) is 5.99. The molecule has 0 radical (unpaired) electrons. The van der Waals surface area contributed by atoms with Crippen LogP contribution < -0.4 is 5.32 Å². The van der Waals surface area contributed by atoms with Gasteiger partial charge in [0.1, 0.15) is 6.04 Å². The topological polar surface area (TPSA) is 104 Å². The zero-order valence-electron chi connectivity index (χ0n) is 10.6. The summed E-state index contributed by atoms with van der Waals surface area (Å²) in [6.45, 7) is 3.94. The number of carbonyl (C=O) groups is 3. The molecule has 1 fully saturated rings. The normalized spacial score (nSPS) is 23.3. The minimum atomic E-state index is -1.36. The first kappa shape index (κ1) is 14.5. The van der Waals surface area contributed by atoms with Gasteiger partial charge in [0.05, 0.1) is 6.42 Å². The molecule has 1 amide bonds. The third-order valence-corrected chi connectivity index (χ3v) is 3.57. The van der Waals surface area contributed by atoms with Gasteiger partial charge in [-0.05, 0) is 18.3 Å². The number of carboxylic acids is 2. The first-order valence-electron chi connectivity index (χ1n) is 5.99. The van der Waals surface area contributed by atoms with Gasteiger partial charge in [0.25, 0.3) is 0 Å². The summed E-state index contributed by atoms with van der Waals surface area (Å²) >= 11 is 0. The highest BCUT2D eigenvalue weighted by molar-refractivity contribution is 5.88. The summed E-state index contributed by atoms with van der Waals surface area (Å²) in [4.78, 5) is 33.4. The summed E-state index contributed by atoms with van der Waals surface area (Å²) in [6.07, 6.45) is 1.97. The molecule has 0 aromatic rings. The summed E-state index contributed by atoms with van der Waals surface area (Å²) < 4.78 is 0. The van der Waals surface area contributed by atoms with E-state index in [4.69, 9.17) is 10.2 Å². The molecule has 1 aliphatic rings. The Morgan fingerprint density at radius 2 is 1.94 bits per heavy atom. The maximum atomic E-state index is 12.0. The van der Waals surface area contributed by atoms with Gasteiger partial charge in [-0.25, -0.2) is 4.79 Å². The van der Waals surface area contributed by atoms with Crippen LogP contribution in [0.15, 0.2) is 0 Å². The summed E-state index contributed by atoms with van der Waals surface area (Å²) in [6, 6.07) is -1.36. The Morgan fingerprint density at radius 3 is 2.33 bits per heavy atom. The average Bonchev–Trinajstić information content (AvgIpc) is 2.56. The molecule has 2 atom stereocenters. The molecule has 0 aromatic carbocycles. The van der Waals surface area contributed by atoms with E-state index in [1.807, 2.05) is 13.8 Å². The monoisotopic (exact) mass is 257 g/mol. The Morgan fingerprint density at radius 1 is 1.33 bits per heavy atom. The second-order valence-corrected chi connectivity index (χ2v) is 5.43. The van der Waals surface area contributed by atoms with Crippen molar-refractivity contribution in [3.63, 3.8) is 0 Å². The Labute approximate surface area is 105 Å². The van der Waals surface area contributed by atoms with Gasteiger partial charge in [-0.1, -0.05) is 20.3 Å². The van der Waals surface area contributed by atoms with Crippen molar-refractivity contribution in [1.29, 1.82) is 0 Å². The molecule has 0 bridgehead atoms. The molecular formula is C12H19NO5. The zero-order chi connectivity index (χ0) is 13.9. The van der Waals surface area contributed by atoms with Crippen LogP contribution in [0.4, 0.5) is 0 Å². The second kappa shape index (κ2) is 5.37. The van der Waals surface area contributed by atoms with Crippen molar-refractivity contribution in [3.8, 4) is 0 Å². The van der Waals surface area contributed by atoms with E-state index in [0.717, 1.165) is 19.3 Å². The van der Waals surface area contributed by atoms with Crippen LogP contribution >= 0.6 is 0 Å². The largest absolute Gasteiger partial charge is 0.481 e. The lowest BCUT2D eigenvalue weighted by Crippen LogP contribution is -2.46. The third kappa shape index (κ3) is 3.45. The Bertz CT molecular complexity index is 363. The molecule has 1 saturated carbocycles. The van der Waals surface area contributed by atoms with Crippen molar-refractivity contribution in [3.05, 3.63) is 0 Å². The van der Waals surface area contributed by atoms with Crippen molar-refractivity contribution in [1.82, 2.24) is 5.32 Å². The molecule has 102 valence electrons. The highest BCUT2D eigenvalue weighted by Gasteiger charge is 2.40. The van der Waals surface area contributed by atoms with E-state index in [2.05, 4.69) is 5.32 Å². The SMILES string of the molecule is CC1(C)CCCC1C(=O)N[C@H](CC(=O)O)C(=O)O. The minimum Gasteiger partial charge on any atom is -0.481 e. The summed E-state index contributed by atoms with van der Waals surface area (Å²) in [7, 11) is 0. The van der Waals surface area contributed by atoms with Crippen LogP contribution in [0.2, 0.25) is 0 Å². The van der Waals surface area contributed by atoms with E-state index in [1.165, 1.54) is 0 Å². The van der Waals surface area contributed by atoms with Crippen LogP contribution in [-0.2, 0) is 14.4 Å². The van der Waals surface area contributed by atoms with Gasteiger partial charge in [0.15, 0.2) is 0 Å². The molecule has 0 aromatic heterocycles. The van der Waals surface area contributed by atoms with Gasteiger partial charge in [-0.3, -0.25) is 9.59 Å². The van der Waals surface area contributed by atoms with E-state index in [0.29, 0.717) is 0 Å².